The zero-order valence-corrected chi connectivity index (χ0v) is 9.97. The maximum Gasteiger partial charge on any atom is 0.310 e. The van der Waals surface area contributed by atoms with Crippen molar-refractivity contribution in [2.24, 2.45) is 0 Å². The summed E-state index contributed by atoms with van der Waals surface area (Å²) in [6.45, 7) is 0. The summed E-state index contributed by atoms with van der Waals surface area (Å²) in [6.07, 6.45) is 1.76. The lowest BCUT2D eigenvalue weighted by atomic mass is 10.2. The maximum atomic E-state index is 10.9. The topological polar surface area (TPSA) is 39.4 Å². The van der Waals surface area contributed by atoms with Crippen molar-refractivity contribution in [1.82, 2.24) is 0 Å². The van der Waals surface area contributed by atoms with Crippen molar-refractivity contribution in [1.29, 1.82) is 0 Å². The average Bonchev–Trinajstić information content (AvgIpc) is 2.51. The zero-order chi connectivity index (χ0) is 10.6. The second-order valence-corrected chi connectivity index (χ2v) is 6.57. The first-order valence-electron chi connectivity index (χ1n) is 3.81. The van der Waals surface area contributed by atoms with Crippen molar-refractivity contribution >= 4 is 36.4 Å². The summed E-state index contributed by atoms with van der Waals surface area (Å²) in [5.74, 6) is 1.01. The van der Waals surface area contributed by atoms with E-state index in [1.807, 2.05) is 0 Å². The molecule has 0 aliphatic rings. The number of esters is 1. The Morgan fingerprint density at radius 1 is 1.64 bits per heavy atom. The van der Waals surface area contributed by atoms with Crippen molar-refractivity contribution in [3.8, 4) is 0 Å². The van der Waals surface area contributed by atoms with Gasteiger partial charge in [0, 0.05) is 5.56 Å². The molecule has 0 saturated heterocycles. The molecule has 0 atom stereocenters. The molecule has 0 spiro atoms. The molecule has 0 fully saturated rings. The molecule has 0 N–H and O–H groups in total. The molecular weight excluding hydrogens is 240 g/mol. The minimum Gasteiger partial charge on any atom is -0.471 e. The Bertz CT molecular complexity index is 384. The third-order valence-corrected chi connectivity index (χ3v) is 2.77. The van der Waals surface area contributed by atoms with Crippen LogP contribution in [0, 0.1) is 0 Å². The van der Waals surface area contributed by atoms with Gasteiger partial charge in [0.05, 0.1) is 25.6 Å². The smallest absolute Gasteiger partial charge is 0.310 e. The van der Waals surface area contributed by atoms with Crippen LogP contribution in [0.3, 0.4) is 0 Å². The van der Waals surface area contributed by atoms with E-state index in [-0.39, 0.29) is 12.4 Å². The van der Waals surface area contributed by atoms with E-state index < -0.39 is 8.01 Å². The van der Waals surface area contributed by atoms with Gasteiger partial charge in [-0.3, -0.25) is 27.2 Å². The van der Waals surface area contributed by atoms with Crippen LogP contribution in [0.15, 0.2) is 16.7 Å². The first kappa shape index (κ1) is 11.6. The Hall–Kier alpha value is -0.460. The summed E-state index contributed by atoms with van der Waals surface area (Å²) in [5, 5.41) is 0. The van der Waals surface area contributed by atoms with Crippen LogP contribution in [0.2, 0.25) is 0 Å². The second kappa shape index (κ2) is 5.43. The lowest BCUT2D eigenvalue weighted by Crippen LogP contribution is -2.03. The third-order valence-electron chi connectivity index (χ3n) is 1.54. The molecule has 14 heavy (non-hydrogen) atoms. The van der Waals surface area contributed by atoms with Crippen molar-refractivity contribution in [3.63, 3.8) is 0 Å². The first-order chi connectivity index (χ1) is 6.61. The van der Waals surface area contributed by atoms with Crippen molar-refractivity contribution in [2.45, 2.75) is 12.2 Å². The third kappa shape index (κ3) is 3.73. The molecule has 78 valence electrons. The van der Waals surface area contributed by atoms with Gasteiger partial charge in [0.1, 0.15) is 0 Å². The monoisotopic (exact) mass is 249 g/mol. The van der Waals surface area contributed by atoms with Crippen molar-refractivity contribution < 1.29 is 13.9 Å². The van der Waals surface area contributed by atoms with Crippen LogP contribution >= 0.6 is 0 Å². The fraction of sp³-hybridized carbons (Fsp3) is 0.375. The molecule has 1 heterocycles. The van der Waals surface area contributed by atoms with Crippen LogP contribution < -0.4 is 0 Å². The molecule has 1 aromatic rings. The molecule has 0 radical (unpaired) electrons. The summed E-state index contributed by atoms with van der Waals surface area (Å²) in [4.78, 5) is 10.9. The highest BCUT2D eigenvalue weighted by Crippen LogP contribution is 2.09. The van der Waals surface area contributed by atoms with Gasteiger partial charge in [-0.25, -0.2) is 0 Å². The molecular formula is C8H9O3S3-. The number of furan rings is 1. The van der Waals surface area contributed by atoms with Gasteiger partial charge in [0.25, 0.3) is 0 Å². The fourth-order valence-corrected chi connectivity index (χ4v) is 2.03. The van der Waals surface area contributed by atoms with E-state index >= 15 is 0 Å². The number of rotatable bonds is 4. The van der Waals surface area contributed by atoms with E-state index in [1.165, 1.54) is 13.4 Å². The predicted octanol–water partition coefficient (Wildman–Crippen LogP) is 1.04. The molecule has 1 rings (SSSR count). The summed E-state index contributed by atoms with van der Waals surface area (Å²) in [6, 6.07) is 1.79. The highest BCUT2D eigenvalue weighted by Gasteiger charge is 2.05. The van der Waals surface area contributed by atoms with Crippen LogP contribution in [0.4, 0.5) is 0 Å². The normalized spacial score (nSPS) is 10.4. The summed E-state index contributed by atoms with van der Waals surface area (Å²) < 4.78 is 9.71. The van der Waals surface area contributed by atoms with Crippen LogP contribution in [0.1, 0.15) is 11.3 Å². The standard InChI is InChI=1S/C8H9O3S3/c1-10-8(9)3-6-2-7(11-4-6)5-14(12)13/h2,4H,3,5H2,1H3/q-1. The van der Waals surface area contributed by atoms with E-state index in [0.717, 1.165) is 11.3 Å². The molecule has 3 nitrogen and oxygen atoms in total. The maximum absolute atomic E-state index is 10.9. The SMILES string of the molecule is COC(=O)Cc1coc(C[S-](=S)=S)c1. The molecule has 0 unspecified atom stereocenters. The fourth-order valence-electron chi connectivity index (χ4n) is 0.950. The number of ether oxygens (including phenoxy) is 1. The lowest BCUT2D eigenvalue weighted by Gasteiger charge is -1.96. The van der Waals surface area contributed by atoms with Gasteiger partial charge >= 0.3 is 5.97 Å². The van der Waals surface area contributed by atoms with E-state index in [0.29, 0.717) is 5.75 Å². The van der Waals surface area contributed by atoms with Crippen LogP contribution in [0.5, 0.6) is 0 Å². The molecule has 0 saturated carbocycles. The minimum atomic E-state index is -0.511. The highest BCUT2D eigenvalue weighted by molar-refractivity contribution is 8.46. The summed E-state index contributed by atoms with van der Waals surface area (Å²) >= 11 is 9.74. The predicted molar refractivity (Wildman–Crippen MR) is 60.2 cm³/mol. The zero-order valence-electron chi connectivity index (χ0n) is 7.52. The van der Waals surface area contributed by atoms with Crippen LogP contribution in [-0.4, -0.2) is 13.1 Å². The quantitative estimate of drug-likeness (QED) is 0.589. The summed E-state index contributed by atoms with van der Waals surface area (Å²) in [5.41, 5.74) is 0.794. The second-order valence-electron chi connectivity index (χ2n) is 2.62. The van der Waals surface area contributed by atoms with Crippen molar-refractivity contribution in [3.05, 3.63) is 23.7 Å². The molecule has 0 aliphatic carbocycles. The van der Waals surface area contributed by atoms with E-state index in [2.05, 4.69) is 4.74 Å². The van der Waals surface area contributed by atoms with E-state index in [1.54, 1.807) is 6.07 Å². The molecule has 0 bridgehead atoms. The van der Waals surface area contributed by atoms with Gasteiger partial charge in [-0.05, 0) is 6.07 Å². The Labute approximate surface area is 93.3 Å². The molecule has 6 heteroatoms. The van der Waals surface area contributed by atoms with Gasteiger partial charge in [-0.2, -0.15) is 0 Å². The first-order valence-corrected chi connectivity index (χ1v) is 7.05. The van der Waals surface area contributed by atoms with Crippen LogP contribution in [0.25, 0.3) is 0 Å². The van der Waals surface area contributed by atoms with Gasteiger partial charge in [0.2, 0.25) is 0 Å². The lowest BCUT2D eigenvalue weighted by molar-refractivity contribution is -0.139. The van der Waals surface area contributed by atoms with Gasteiger partial charge in [-0.15, -0.1) is 0 Å². The Balaban J connectivity index is 2.63. The molecule has 0 aliphatic heterocycles. The molecule has 0 amide bonds. The number of carbonyl (C=O) groups is 1. The average molecular weight is 249 g/mol. The largest absolute Gasteiger partial charge is 0.471 e. The Morgan fingerprint density at radius 2 is 2.36 bits per heavy atom. The van der Waals surface area contributed by atoms with Gasteiger partial charge in [0.15, 0.2) is 0 Å². The Morgan fingerprint density at radius 3 is 2.93 bits per heavy atom. The summed E-state index contributed by atoms with van der Waals surface area (Å²) in [7, 11) is 0.843. The highest BCUT2D eigenvalue weighted by atomic mass is 33.1. The molecule has 0 aromatic carbocycles. The Kier molecular flexibility index (Phi) is 4.50. The number of hydrogen-bond donors (Lipinski definition) is 0. The van der Waals surface area contributed by atoms with E-state index in [9.17, 15) is 4.79 Å². The molecule has 1 aromatic heterocycles. The minimum absolute atomic E-state index is 0.225. The van der Waals surface area contributed by atoms with E-state index in [4.69, 9.17) is 26.8 Å². The number of hydrogen-bond acceptors (Lipinski definition) is 6. The van der Waals surface area contributed by atoms with Crippen molar-refractivity contribution in [2.75, 3.05) is 7.11 Å². The number of methoxy groups -OCH3 is 1. The number of carbonyl (C=O) groups excluding carboxylic acids is 1. The van der Waals surface area contributed by atoms with Gasteiger partial charge in [-0.1, -0.05) is 5.75 Å². The van der Waals surface area contributed by atoms with Crippen LogP contribution in [-0.2, 0) is 52.1 Å². The van der Waals surface area contributed by atoms with Gasteiger partial charge < -0.3 is 17.2 Å².